The van der Waals surface area contributed by atoms with E-state index in [0.717, 1.165) is 34.5 Å². The predicted octanol–water partition coefficient (Wildman–Crippen LogP) is 4.10. The highest BCUT2D eigenvalue weighted by atomic mass is 16.5. The number of methoxy groups -OCH3 is 2. The summed E-state index contributed by atoms with van der Waals surface area (Å²) in [5, 5.41) is 5.65. The number of anilines is 1. The summed E-state index contributed by atoms with van der Waals surface area (Å²) in [6.07, 6.45) is 2.95. The van der Waals surface area contributed by atoms with Crippen molar-refractivity contribution in [2.75, 3.05) is 19.5 Å². The Hall–Kier alpha value is -1.97. The second-order valence-electron chi connectivity index (χ2n) is 5.41. The van der Waals surface area contributed by atoms with E-state index in [1.54, 1.807) is 14.2 Å². The summed E-state index contributed by atoms with van der Waals surface area (Å²) in [7, 11) is 3.30. The molecule has 2 aromatic rings. The molecule has 0 bridgehead atoms. The van der Waals surface area contributed by atoms with Crippen LogP contribution < -0.4 is 14.8 Å². The van der Waals surface area contributed by atoms with E-state index in [2.05, 4.69) is 31.1 Å². The van der Waals surface area contributed by atoms with Gasteiger partial charge in [-0.25, -0.2) is 4.98 Å². The summed E-state index contributed by atoms with van der Waals surface area (Å²) in [4.78, 5) is 4.49. The van der Waals surface area contributed by atoms with E-state index < -0.39 is 0 Å². The van der Waals surface area contributed by atoms with Crippen LogP contribution in [0.15, 0.2) is 24.4 Å². The van der Waals surface area contributed by atoms with Crippen molar-refractivity contribution in [1.29, 1.82) is 0 Å². The molecule has 0 saturated carbocycles. The van der Waals surface area contributed by atoms with Gasteiger partial charge in [-0.1, -0.05) is 20.3 Å². The number of pyridine rings is 1. The molecule has 2 unspecified atom stereocenters. The summed E-state index contributed by atoms with van der Waals surface area (Å²) in [6, 6.07) is 6.30. The summed E-state index contributed by atoms with van der Waals surface area (Å²) < 4.78 is 10.7. The number of nitrogens with zero attached hydrogens (tertiary/aromatic N) is 1. The van der Waals surface area contributed by atoms with Crippen molar-refractivity contribution in [3.8, 4) is 11.5 Å². The zero-order valence-electron chi connectivity index (χ0n) is 13.4. The second-order valence-corrected chi connectivity index (χ2v) is 5.41. The molecule has 1 aromatic heterocycles. The molecule has 2 rings (SSSR count). The van der Waals surface area contributed by atoms with E-state index in [0.29, 0.717) is 12.0 Å². The fourth-order valence-electron chi connectivity index (χ4n) is 2.33. The van der Waals surface area contributed by atoms with Gasteiger partial charge in [0.2, 0.25) is 0 Å². The first-order chi connectivity index (χ1) is 10.1. The van der Waals surface area contributed by atoms with Crippen LogP contribution in [0.1, 0.15) is 27.2 Å². The Bertz CT molecular complexity index is 613. The maximum absolute atomic E-state index is 5.39. The molecule has 0 amide bonds. The minimum atomic E-state index is 0.362. The van der Waals surface area contributed by atoms with E-state index in [9.17, 15) is 0 Å². The Morgan fingerprint density at radius 2 is 1.81 bits per heavy atom. The third kappa shape index (κ3) is 3.20. The number of fused-ring (bicyclic) bond motifs is 1. The molecule has 1 N–H and O–H groups in total. The highest BCUT2D eigenvalue weighted by molar-refractivity contribution is 5.94. The second kappa shape index (κ2) is 6.66. The molecule has 114 valence electrons. The first-order valence-electron chi connectivity index (χ1n) is 7.38. The number of rotatable bonds is 6. The molecular formula is C17H24N2O2. The molecule has 1 heterocycles. The third-order valence-electron chi connectivity index (χ3n) is 4.13. The minimum Gasteiger partial charge on any atom is -0.493 e. The van der Waals surface area contributed by atoms with Crippen molar-refractivity contribution in [1.82, 2.24) is 4.98 Å². The maximum Gasteiger partial charge on any atom is 0.161 e. The van der Waals surface area contributed by atoms with Crippen LogP contribution >= 0.6 is 0 Å². The summed E-state index contributed by atoms with van der Waals surface area (Å²) in [5.74, 6) is 2.93. The van der Waals surface area contributed by atoms with E-state index in [-0.39, 0.29) is 0 Å². The van der Waals surface area contributed by atoms with Gasteiger partial charge in [-0.2, -0.15) is 0 Å². The maximum atomic E-state index is 5.39. The monoisotopic (exact) mass is 288 g/mol. The van der Waals surface area contributed by atoms with Crippen molar-refractivity contribution in [3.63, 3.8) is 0 Å². The molecule has 0 aliphatic heterocycles. The number of nitrogens with one attached hydrogen (secondary N) is 1. The molecule has 0 aliphatic rings. The molecule has 0 radical (unpaired) electrons. The predicted molar refractivity (Wildman–Crippen MR) is 87.4 cm³/mol. The normalized spacial score (nSPS) is 13.8. The average Bonchev–Trinajstić information content (AvgIpc) is 2.52. The molecule has 0 aliphatic carbocycles. The molecular weight excluding hydrogens is 264 g/mol. The fourth-order valence-corrected chi connectivity index (χ4v) is 2.33. The van der Waals surface area contributed by atoms with Crippen LogP contribution in [0, 0.1) is 5.92 Å². The zero-order chi connectivity index (χ0) is 15.4. The smallest absolute Gasteiger partial charge is 0.161 e. The lowest BCUT2D eigenvalue weighted by molar-refractivity contribution is 0.356. The number of aromatic nitrogens is 1. The van der Waals surface area contributed by atoms with E-state index in [1.165, 1.54) is 0 Å². The Kier molecular flexibility index (Phi) is 4.89. The molecule has 1 aromatic carbocycles. The van der Waals surface area contributed by atoms with E-state index in [1.807, 2.05) is 24.4 Å². The van der Waals surface area contributed by atoms with Gasteiger partial charge in [-0.15, -0.1) is 0 Å². The summed E-state index contributed by atoms with van der Waals surface area (Å²) in [5.41, 5.74) is 0. The van der Waals surface area contributed by atoms with Crippen LogP contribution in [0.3, 0.4) is 0 Å². The standard InChI is InChI=1S/C17H24N2O2/c1-6-11(2)12(3)19-17-14-10-16(21-5)15(20-4)9-13(14)7-8-18-17/h7-12H,6H2,1-5H3,(H,18,19). The van der Waals surface area contributed by atoms with Gasteiger partial charge in [0.1, 0.15) is 5.82 Å². The van der Waals surface area contributed by atoms with Crippen molar-refractivity contribution < 1.29 is 9.47 Å². The number of benzene rings is 1. The zero-order valence-corrected chi connectivity index (χ0v) is 13.4. The lowest BCUT2D eigenvalue weighted by Crippen LogP contribution is -2.23. The molecule has 0 saturated heterocycles. The molecule has 4 heteroatoms. The van der Waals surface area contributed by atoms with Crippen molar-refractivity contribution in [2.45, 2.75) is 33.2 Å². The third-order valence-corrected chi connectivity index (χ3v) is 4.13. The van der Waals surface area contributed by atoms with Gasteiger partial charge >= 0.3 is 0 Å². The first-order valence-corrected chi connectivity index (χ1v) is 7.38. The van der Waals surface area contributed by atoms with Crippen LogP contribution in [-0.2, 0) is 0 Å². The van der Waals surface area contributed by atoms with Crippen LogP contribution in [0.4, 0.5) is 5.82 Å². The lowest BCUT2D eigenvalue weighted by atomic mass is 10.0. The molecule has 4 nitrogen and oxygen atoms in total. The van der Waals surface area contributed by atoms with Gasteiger partial charge in [0.05, 0.1) is 14.2 Å². The van der Waals surface area contributed by atoms with Crippen molar-refractivity contribution >= 4 is 16.6 Å². The lowest BCUT2D eigenvalue weighted by Gasteiger charge is -2.21. The van der Waals surface area contributed by atoms with E-state index in [4.69, 9.17) is 9.47 Å². The highest BCUT2D eigenvalue weighted by Crippen LogP contribution is 2.34. The van der Waals surface area contributed by atoms with Gasteiger partial charge < -0.3 is 14.8 Å². The summed E-state index contributed by atoms with van der Waals surface area (Å²) in [6.45, 7) is 6.63. The Balaban J connectivity index is 2.45. The Labute approximate surface area is 126 Å². The quantitative estimate of drug-likeness (QED) is 0.869. The van der Waals surface area contributed by atoms with Crippen LogP contribution in [0.5, 0.6) is 11.5 Å². The largest absolute Gasteiger partial charge is 0.493 e. The van der Waals surface area contributed by atoms with Crippen molar-refractivity contribution in [2.24, 2.45) is 5.92 Å². The fraction of sp³-hybridized carbons (Fsp3) is 0.471. The number of ether oxygens (including phenoxy) is 2. The van der Waals surface area contributed by atoms with Crippen LogP contribution in [-0.4, -0.2) is 25.2 Å². The van der Waals surface area contributed by atoms with Crippen molar-refractivity contribution in [3.05, 3.63) is 24.4 Å². The Morgan fingerprint density at radius 3 is 2.43 bits per heavy atom. The van der Waals surface area contributed by atoms with Gasteiger partial charge in [-0.05, 0) is 36.4 Å². The number of hydrogen-bond acceptors (Lipinski definition) is 4. The van der Waals surface area contributed by atoms with Gasteiger partial charge in [-0.3, -0.25) is 0 Å². The van der Waals surface area contributed by atoms with E-state index >= 15 is 0 Å². The molecule has 0 fully saturated rings. The first kappa shape index (κ1) is 15.4. The molecule has 0 spiro atoms. The minimum absolute atomic E-state index is 0.362. The van der Waals surface area contributed by atoms with Crippen LogP contribution in [0.2, 0.25) is 0 Å². The highest BCUT2D eigenvalue weighted by Gasteiger charge is 2.14. The molecule has 2 atom stereocenters. The number of hydrogen-bond donors (Lipinski definition) is 1. The summed E-state index contributed by atoms with van der Waals surface area (Å²) >= 11 is 0. The Morgan fingerprint density at radius 1 is 1.14 bits per heavy atom. The van der Waals surface area contributed by atoms with Crippen LogP contribution in [0.25, 0.3) is 10.8 Å². The molecule has 21 heavy (non-hydrogen) atoms. The van der Waals surface area contributed by atoms with Gasteiger partial charge in [0, 0.05) is 17.6 Å². The van der Waals surface area contributed by atoms with Gasteiger partial charge in [0.15, 0.2) is 11.5 Å². The SMILES string of the molecule is CCC(C)C(C)Nc1nccc2cc(OC)c(OC)cc12. The van der Waals surface area contributed by atoms with Gasteiger partial charge in [0.25, 0.3) is 0 Å². The topological polar surface area (TPSA) is 43.4 Å². The average molecular weight is 288 g/mol.